The molecule has 0 unspecified atom stereocenters. The quantitative estimate of drug-likeness (QED) is 0.498. The van der Waals surface area contributed by atoms with Crippen LogP contribution in [0.4, 0.5) is 0 Å². The van der Waals surface area contributed by atoms with E-state index in [4.69, 9.17) is 0 Å². The predicted octanol–water partition coefficient (Wildman–Crippen LogP) is 4.14. The molecular formula is C15H27N. The molecule has 1 heteroatoms. The second kappa shape index (κ2) is 5.86. The second-order valence-electron chi connectivity index (χ2n) is 5.60. The number of unbranched alkanes of at least 4 members (excludes halogenated alkanes) is 3. The summed E-state index contributed by atoms with van der Waals surface area (Å²) in [5, 5.41) is 0. The van der Waals surface area contributed by atoms with Crippen molar-refractivity contribution in [2.75, 3.05) is 0 Å². The smallest absolute Gasteiger partial charge is 0.0284 e. The number of nitrogens with zero attached hydrogens (tertiary/aromatic N) is 1. The van der Waals surface area contributed by atoms with Crippen LogP contribution < -0.4 is 0 Å². The highest BCUT2D eigenvalue weighted by Crippen LogP contribution is 2.36. The first-order valence-corrected chi connectivity index (χ1v) is 7.27. The monoisotopic (exact) mass is 221 g/mol. The molecule has 2 saturated heterocycles. The molecule has 0 amide bonds. The summed E-state index contributed by atoms with van der Waals surface area (Å²) in [5.74, 6) is 0. The number of hydrogen-bond acceptors (Lipinski definition) is 1. The van der Waals surface area contributed by atoms with Gasteiger partial charge in [-0.2, -0.15) is 0 Å². The Morgan fingerprint density at radius 3 is 2.75 bits per heavy atom. The summed E-state index contributed by atoms with van der Waals surface area (Å²) in [6.45, 7) is 4.68. The minimum atomic E-state index is 0.768. The third kappa shape index (κ3) is 2.68. The van der Waals surface area contributed by atoms with Crippen molar-refractivity contribution in [3.05, 3.63) is 12.2 Å². The van der Waals surface area contributed by atoms with Crippen LogP contribution in [-0.2, 0) is 0 Å². The molecule has 1 nitrogen and oxygen atoms in total. The lowest BCUT2D eigenvalue weighted by atomic mass is 10.1. The van der Waals surface area contributed by atoms with Crippen LogP contribution in [0.15, 0.2) is 12.2 Å². The zero-order chi connectivity index (χ0) is 11.4. The van der Waals surface area contributed by atoms with E-state index in [2.05, 4.69) is 30.9 Å². The maximum Gasteiger partial charge on any atom is 0.0284 e. The van der Waals surface area contributed by atoms with Gasteiger partial charge in [0.05, 0.1) is 0 Å². The zero-order valence-corrected chi connectivity index (χ0v) is 11.0. The van der Waals surface area contributed by atoms with Gasteiger partial charge in [-0.25, -0.2) is 0 Å². The Morgan fingerprint density at radius 1 is 1.12 bits per heavy atom. The molecule has 0 aromatic carbocycles. The Balaban J connectivity index is 1.77. The summed E-state index contributed by atoms with van der Waals surface area (Å²) >= 11 is 0. The minimum absolute atomic E-state index is 0.768. The summed E-state index contributed by atoms with van der Waals surface area (Å²) in [7, 11) is 0. The maximum atomic E-state index is 2.77. The van der Waals surface area contributed by atoms with Crippen LogP contribution in [0.3, 0.4) is 0 Å². The van der Waals surface area contributed by atoms with Crippen LogP contribution in [0.2, 0.25) is 0 Å². The summed E-state index contributed by atoms with van der Waals surface area (Å²) in [6, 6.07) is 2.52. The molecule has 0 radical (unpaired) electrons. The lowest BCUT2D eigenvalue weighted by Crippen LogP contribution is -2.35. The van der Waals surface area contributed by atoms with Gasteiger partial charge in [0.15, 0.2) is 0 Å². The lowest BCUT2D eigenvalue weighted by Gasteiger charge is -2.26. The van der Waals surface area contributed by atoms with E-state index in [9.17, 15) is 0 Å². The van der Waals surface area contributed by atoms with Crippen molar-refractivity contribution in [2.45, 2.75) is 83.3 Å². The number of rotatable bonds is 5. The molecule has 0 spiro atoms. The first-order valence-electron chi connectivity index (χ1n) is 7.27. The van der Waals surface area contributed by atoms with Crippen molar-refractivity contribution in [1.29, 1.82) is 0 Å². The van der Waals surface area contributed by atoms with E-state index < -0.39 is 0 Å². The van der Waals surface area contributed by atoms with E-state index >= 15 is 0 Å². The van der Waals surface area contributed by atoms with Crippen LogP contribution in [0, 0.1) is 0 Å². The second-order valence-corrected chi connectivity index (χ2v) is 5.60. The van der Waals surface area contributed by atoms with Gasteiger partial charge in [0, 0.05) is 18.1 Å². The van der Waals surface area contributed by atoms with Crippen molar-refractivity contribution in [2.24, 2.45) is 0 Å². The molecule has 0 aromatic heterocycles. The van der Waals surface area contributed by atoms with Crippen LogP contribution in [-0.4, -0.2) is 23.0 Å². The van der Waals surface area contributed by atoms with E-state index in [-0.39, 0.29) is 0 Å². The van der Waals surface area contributed by atoms with Gasteiger partial charge in [0.2, 0.25) is 0 Å². The van der Waals surface area contributed by atoms with Gasteiger partial charge in [-0.15, -0.1) is 0 Å². The van der Waals surface area contributed by atoms with Gasteiger partial charge >= 0.3 is 0 Å². The summed E-state index contributed by atoms with van der Waals surface area (Å²) < 4.78 is 0. The van der Waals surface area contributed by atoms with Crippen molar-refractivity contribution in [3.8, 4) is 0 Å². The normalized spacial score (nSPS) is 35.0. The molecule has 0 aliphatic carbocycles. The molecule has 0 saturated carbocycles. The van der Waals surface area contributed by atoms with Gasteiger partial charge in [-0.3, -0.25) is 4.90 Å². The zero-order valence-electron chi connectivity index (χ0n) is 11.0. The molecule has 2 heterocycles. The average Bonchev–Trinajstić information content (AvgIpc) is 2.83. The Bertz CT molecular complexity index is 234. The topological polar surface area (TPSA) is 3.24 Å². The molecule has 2 aliphatic rings. The number of hydrogen-bond donors (Lipinski definition) is 0. The van der Waals surface area contributed by atoms with E-state index in [0.29, 0.717) is 0 Å². The maximum absolute atomic E-state index is 2.77. The minimum Gasteiger partial charge on any atom is -0.291 e. The average molecular weight is 221 g/mol. The van der Waals surface area contributed by atoms with E-state index in [0.717, 1.165) is 18.1 Å². The SMILES string of the molecule is CCCCC/C=C\[C@H]1CC[C@@H]2CC[C@@H](C)N21. The Morgan fingerprint density at radius 2 is 1.94 bits per heavy atom. The highest BCUT2D eigenvalue weighted by Gasteiger charge is 2.39. The molecular weight excluding hydrogens is 194 g/mol. The highest BCUT2D eigenvalue weighted by molar-refractivity contribution is 5.05. The molecule has 0 aromatic rings. The molecule has 2 rings (SSSR count). The van der Waals surface area contributed by atoms with E-state index in [1.807, 2.05) is 0 Å². The van der Waals surface area contributed by atoms with E-state index in [1.165, 1.54) is 51.4 Å². The summed E-state index contributed by atoms with van der Waals surface area (Å²) in [4.78, 5) is 2.77. The molecule has 3 atom stereocenters. The standard InChI is InChI=1S/C15H27N/c1-3-4-5-6-7-8-14-11-12-15-10-9-13(2)16(14)15/h7-8,13-15H,3-6,9-12H2,1-2H3/b8-7-/t13-,14+,15+/m1/s1. The van der Waals surface area contributed by atoms with Crippen LogP contribution in [0.1, 0.15) is 65.2 Å². The fourth-order valence-electron chi connectivity index (χ4n) is 3.46. The van der Waals surface area contributed by atoms with Crippen LogP contribution in [0.25, 0.3) is 0 Å². The first kappa shape index (κ1) is 12.2. The van der Waals surface area contributed by atoms with Crippen molar-refractivity contribution in [3.63, 3.8) is 0 Å². The third-order valence-electron chi connectivity index (χ3n) is 4.36. The molecule has 16 heavy (non-hydrogen) atoms. The van der Waals surface area contributed by atoms with Crippen LogP contribution in [0.5, 0.6) is 0 Å². The fraction of sp³-hybridized carbons (Fsp3) is 0.867. The molecule has 92 valence electrons. The van der Waals surface area contributed by atoms with Gasteiger partial charge in [-0.05, 0) is 45.4 Å². The van der Waals surface area contributed by atoms with Gasteiger partial charge in [-0.1, -0.05) is 31.9 Å². The van der Waals surface area contributed by atoms with E-state index in [1.54, 1.807) is 0 Å². The number of fused-ring (bicyclic) bond motifs is 1. The summed E-state index contributed by atoms with van der Waals surface area (Å²) in [6.07, 6.45) is 16.0. The van der Waals surface area contributed by atoms with Crippen molar-refractivity contribution >= 4 is 0 Å². The van der Waals surface area contributed by atoms with Crippen LogP contribution >= 0.6 is 0 Å². The lowest BCUT2D eigenvalue weighted by molar-refractivity contribution is 0.220. The fourth-order valence-corrected chi connectivity index (χ4v) is 3.46. The van der Waals surface area contributed by atoms with Crippen molar-refractivity contribution < 1.29 is 0 Å². The molecule has 0 bridgehead atoms. The third-order valence-corrected chi connectivity index (χ3v) is 4.36. The molecule has 2 aliphatic heterocycles. The highest BCUT2D eigenvalue weighted by atomic mass is 15.2. The van der Waals surface area contributed by atoms with Gasteiger partial charge < -0.3 is 0 Å². The van der Waals surface area contributed by atoms with Gasteiger partial charge in [0.25, 0.3) is 0 Å². The largest absolute Gasteiger partial charge is 0.291 e. The Kier molecular flexibility index (Phi) is 4.45. The molecule has 0 N–H and O–H groups in total. The van der Waals surface area contributed by atoms with Crippen molar-refractivity contribution in [1.82, 2.24) is 4.90 Å². The number of allylic oxidation sites excluding steroid dienone is 1. The summed E-state index contributed by atoms with van der Waals surface area (Å²) in [5.41, 5.74) is 0. The first-order chi connectivity index (χ1) is 7.83. The Labute approximate surface area is 101 Å². The predicted molar refractivity (Wildman–Crippen MR) is 70.6 cm³/mol. The Hall–Kier alpha value is -0.300. The van der Waals surface area contributed by atoms with Gasteiger partial charge in [0.1, 0.15) is 0 Å². The molecule has 2 fully saturated rings.